The molecule has 0 radical (unpaired) electrons. The van der Waals surface area contributed by atoms with Crippen molar-refractivity contribution in [2.24, 2.45) is 11.8 Å². The van der Waals surface area contributed by atoms with E-state index in [4.69, 9.17) is 9.47 Å². The van der Waals surface area contributed by atoms with E-state index in [9.17, 15) is 28.8 Å². The molecule has 2 fully saturated rings. The molecule has 0 saturated carbocycles. The normalized spacial score (nSPS) is 16.2. The minimum atomic E-state index is -0.306. The zero-order valence-corrected chi connectivity index (χ0v) is 44.3. The fraction of sp³-hybridized carbons (Fsp3) is 0.897. The molecule has 0 spiro atoms. The van der Waals surface area contributed by atoms with Crippen molar-refractivity contribution in [1.82, 2.24) is 9.80 Å². The van der Waals surface area contributed by atoms with E-state index < -0.39 is 0 Å². The second-order valence-electron chi connectivity index (χ2n) is 20.8. The fourth-order valence-electron chi connectivity index (χ4n) is 10.2. The Labute approximate surface area is 416 Å². The molecule has 0 aromatic carbocycles. The quantitative estimate of drug-likeness (QED) is 0.0335. The largest absolute Gasteiger partial charge is 0.464 e. The molecule has 2 unspecified atom stereocenters. The van der Waals surface area contributed by atoms with Gasteiger partial charge in [-0.25, -0.2) is 0 Å². The van der Waals surface area contributed by atoms with E-state index in [1.807, 2.05) is 0 Å². The Hall–Kier alpha value is -2.78. The Morgan fingerprint density at radius 1 is 0.368 bits per heavy atom. The number of ether oxygens (including phenoxy) is 2. The topological polar surface area (TPSA) is 127 Å². The molecule has 2 rings (SSSR count). The molecule has 0 aromatic rings. The summed E-state index contributed by atoms with van der Waals surface area (Å²) in [6, 6.07) is 0. The molecule has 2 aliphatic rings. The van der Waals surface area contributed by atoms with Gasteiger partial charge in [0, 0.05) is 37.5 Å². The number of esters is 2. The Bertz CT molecular complexity index is 1220. The lowest BCUT2D eigenvalue weighted by atomic mass is 9.98. The highest BCUT2D eigenvalue weighted by Crippen LogP contribution is 2.27. The summed E-state index contributed by atoms with van der Waals surface area (Å²) >= 11 is 0. The average Bonchev–Trinajstić information content (AvgIpc) is 3.76. The summed E-state index contributed by atoms with van der Waals surface area (Å²) in [4.78, 5) is 78.0. The van der Waals surface area contributed by atoms with Gasteiger partial charge in [0.15, 0.2) is 0 Å². The molecule has 10 nitrogen and oxygen atoms in total. The number of carbonyl (C=O) groups excluding carboxylic acids is 6. The van der Waals surface area contributed by atoms with Gasteiger partial charge in [0.2, 0.25) is 23.6 Å². The van der Waals surface area contributed by atoms with E-state index in [-0.39, 0.29) is 86.5 Å². The molecule has 4 amide bonds. The van der Waals surface area contributed by atoms with Gasteiger partial charge in [0.05, 0.1) is 13.1 Å². The van der Waals surface area contributed by atoms with Crippen molar-refractivity contribution >= 4 is 35.6 Å². The lowest BCUT2D eigenvalue weighted by Crippen LogP contribution is -2.34. The zero-order valence-electron chi connectivity index (χ0n) is 44.3. The van der Waals surface area contributed by atoms with Gasteiger partial charge in [-0.1, -0.05) is 245 Å². The SMILES string of the molecule is CCCCCCCCCCCCCCCCCCC1CC(=O)N(CCOC(=O)CCCCCCCCC(=O)OCCN2C(=O)CC(CCCCCCCCCCCCCCCCCC)C2=O)C1=O. The highest BCUT2D eigenvalue weighted by atomic mass is 16.5. The van der Waals surface area contributed by atoms with Crippen LogP contribution in [0.15, 0.2) is 0 Å². The Balaban J connectivity index is 1.35. The van der Waals surface area contributed by atoms with Crippen LogP contribution in [0, 0.1) is 11.8 Å². The summed E-state index contributed by atoms with van der Waals surface area (Å²) in [6.07, 6.45) is 49.7. The van der Waals surface area contributed by atoms with E-state index in [0.717, 1.165) is 64.2 Å². The molecule has 0 bridgehead atoms. The zero-order chi connectivity index (χ0) is 49.1. The first-order valence-corrected chi connectivity index (χ1v) is 29.3. The van der Waals surface area contributed by atoms with Crippen LogP contribution in [0.4, 0.5) is 0 Å². The summed E-state index contributed by atoms with van der Waals surface area (Å²) in [6.45, 7) is 4.90. The molecular formula is C58H104N2O8. The van der Waals surface area contributed by atoms with Gasteiger partial charge < -0.3 is 9.47 Å². The number of carbonyl (C=O) groups is 6. The molecule has 2 atom stereocenters. The van der Waals surface area contributed by atoms with Gasteiger partial charge in [-0.3, -0.25) is 38.6 Å². The number of likely N-dealkylation sites (tertiary alicyclic amines) is 2. The number of amides is 4. The average molecular weight is 957 g/mol. The summed E-state index contributed by atoms with van der Waals surface area (Å²) in [5.74, 6) is -1.60. The number of hydrogen-bond donors (Lipinski definition) is 0. The monoisotopic (exact) mass is 957 g/mol. The summed E-state index contributed by atoms with van der Waals surface area (Å²) in [7, 11) is 0. The first kappa shape index (κ1) is 61.3. The number of nitrogens with zero attached hydrogens (tertiary/aromatic N) is 2. The number of hydrogen-bond acceptors (Lipinski definition) is 8. The van der Waals surface area contributed by atoms with Gasteiger partial charge in [0.1, 0.15) is 13.2 Å². The molecule has 68 heavy (non-hydrogen) atoms. The van der Waals surface area contributed by atoms with Crippen LogP contribution in [-0.4, -0.2) is 71.7 Å². The molecule has 2 aliphatic heterocycles. The van der Waals surface area contributed by atoms with Crippen LogP contribution < -0.4 is 0 Å². The molecule has 2 heterocycles. The van der Waals surface area contributed by atoms with Gasteiger partial charge in [-0.05, 0) is 25.7 Å². The van der Waals surface area contributed by atoms with E-state index in [1.54, 1.807) is 0 Å². The van der Waals surface area contributed by atoms with Crippen LogP contribution in [0.1, 0.15) is 296 Å². The molecule has 394 valence electrons. The first-order valence-electron chi connectivity index (χ1n) is 29.3. The Kier molecular flexibility index (Phi) is 38.8. The van der Waals surface area contributed by atoms with E-state index in [0.29, 0.717) is 25.7 Å². The third-order valence-electron chi connectivity index (χ3n) is 14.7. The van der Waals surface area contributed by atoms with Crippen molar-refractivity contribution in [2.45, 2.75) is 296 Å². The van der Waals surface area contributed by atoms with Crippen molar-refractivity contribution in [2.75, 3.05) is 26.3 Å². The standard InChI is InChI=1S/C58H104N2O8/c1-3-5-7-9-11-13-15-17-19-21-23-25-27-29-33-37-41-51-49-53(61)59(57(51)65)45-47-67-55(63)43-39-35-31-32-36-40-44-56(64)68-48-46-60-54(62)50-52(58(60)66)42-38-34-30-28-26-24-22-20-18-16-14-12-10-8-6-4-2/h51-52H,3-50H2,1-2H3. The van der Waals surface area contributed by atoms with Crippen molar-refractivity contribution in [3.8, 4) is 0 Å². The lowest BCUT2D eigenvalue weighted by molar-refractivity contribution is -0.148. The van der Waals surface area contributed by atoms with E-state index in [2.05, 4.69) is 13.8 Å². The molecular weight excluding hydrogens is 853 g/mol. The predicted octanol–water partition coefficient (Wildman–Crippen LogP) is 15.2. The number of rotatable bonds is 49. The van der Waals surface area contributed by atoms with Gasteiger partial charge in [-0.15, -0.1) is 0 Å². The van der Waals surface area contributed by atoms with Gasteiger partial charge in [-0.2, -0.15) is 0 Å². The number of unbranched alkanes of at least 4 members (excludes halogenated alkanes) is 35. The maximum Gasteiger partial charge on any atom is 0.305 e. The van der Waals surface area contributed by atoms with Crippen LogP contribution in [0.5, 0.6) is 0 Å². The first-order chi connectivity index (χ1) is 33.3. The molecule has 0 N–H and O–H groups in total. The van der Waals surface area contributed by atoms with E-state index in [1.165, 1.54) is 190 Å². The molecule has 0 aliphatic carbocycles. The van der Waals surface area contributed by atoms with Crippen molar-refractivity contribution in [1.29, 1.82) is 0 Å². The maximum absolute atomic E-state index is 12.9. The summed E-state index contributed by atoms with van der Waals surface area (Å²) in [5.41, 5.74) is 0. The summed E-state index contributed by atoms with van der Waals surface area (Å²) in [5, 5.41) is 0. The number of imide groups is 2. The minimum absolute atomic E-state index is 0.0446. The third-order valence-corrected chi connectivity index (χ3v) is 14.7. The highest BCUT2D eigenvalue weighted by molar-refractivity contribution is 6.04. The van der Waals surface area contributed by atoms with Crippen molar-refractivity contribution < 1.29 is 38.2 Å². The van der Waals surface area contributed by atoms with Crippen molar-refractivity contribution in [3.05, 3.63) is 0 Å². The fourth-order valence-corrected chi connectivity index (χ4v) is 10.2. The Morgan fingerprint density at radius 3 is 0.868 bits per heavy atom. The second kappa shape index (κ2) is 43.0. The van der Waals surface area contributed by atoms with Crippen LogP contribution in [-0.2, 0) is 38.2 Å². The van der Waals surface area contributed by atoms with Crippen LogP contribution in [0.3, 0.4) is 0 Å². The molecule has 2 saturated heterocycles. The van der Waals surface area contributed by atoms with Gasteiger partial charge >= 0.3 is 11.9 Å². The van der Waals surface area contributed by atoms with E-state index >= 15 is 0 Å². The maximum atomic E-state index is 12.9. The van der Waals surface area contributed by atoms with Crippen LogP contribution in [0.25, 0.3) is 0 Å². The highest BCUT2D eigenvalue weighted by Gasteiger charge is 2.38. The lowest BCUT2D eigenvalue weighted by Gasteiger charge is -2.15. The molecule has 0 aromatic heterocycles. The Morgan fingerprint density at radius 2 is 0.603 bits per heavy atom. The smallest absolute Gasteiger partial charge is 0.305 e. The van der Waals surface area contributed by atoms with Crippen LogP contribution in [0.2, 0.25) is 0 Å². The van der Waals surface area contributed by atoms with Crippen molar-refractivity contribution in [3.63, 3.8) is 0 Å². The van der Waals surface area contributed by atoms with Crippen LogP contribution >= 0.6 is 0 Å². The van der Waals surface area contributed by atoms with Gasteiger partial charge in [0.25, 0.3) is 0 Å². The third kappa shape index (κ3) is 31.4. The minimum Gasteiger partial charge on any atom is -0.464 e. The summed E-state index contributed by atoms with van der Waals surface area (Å²) < 4.78 is 10.7. The predicted molar refractivity (Wildman–Crippen MR) is 277 cm³/mol. The molecule has 10 heteroatoms. The second-order valence-corrected chi connectivity index (χ2v) is 20.8.